The third kappa shape index (κ3) is 6.11. The van der Waals surface area contributed by atoms with Crippen LogP contribution in [0.4, 0.5) is 17.5 Å². The van der Waals surface area contributed by atoms with Gasteiger partial charge in [-0.15, -0.1) is 0 Å². The summed E-state index contributed by atoms with van der Waals surface area (Å²) in [5.74, 6) is 2.08. The van der Waals surface area contributed by atoms with E-state index < -0.39 is 0 Å². The van der Waals surface area contributed by atoms with Gasteiger partial charge in [0.05, 0.1) is 6.61 Å². The third-order valence-electron chi connectivity index (χ3n) is 3.90. The second-order valence-electron chi connectivity index (χ2n) is 6.20. The van der Waals surface area contributed by atoms with Gasteiger partial charge in [0.1, 0.15) is 18.2 Å². The summed E-state index contributed by atoms with van der Waals surface area (Å²) in [4.78, 5) is 8.90. The van der Waals surface area contributed by atoms with Gasteiger partial charge >= 0.3 is 0 Å². The van der Waals surface area contributed by atoms with Crippen molar-refractivity contribution in [3.8, 4) is 5.75 Å². The number of methoxy groups -OCH3 is 1. The lowest BCUT2D eigenvalue weighted by atomic mass is 10.2. The van der Waals surface area contributed by atoms with Gasteiger partial charge in [0.25, 0.3) is 0 Å². The molecule has 1 aromatic heterocycles. The molecule has 6 nitrogen and oxygen atoms in total. The Bertz CT molecular complexity index is 886. The number of rotatable bonds is 9. The summed E-state index contributed by atoms with van der Waals surface area (Å²) in [6, 6.07) is 17.2. The first-order chi connectivity index (χ1) is 13.6. The molecule has 0 radical (unpaired) electrons. The first-order valence-electron chi connectivity index (χ1n) is 8.95. The fourth-order valence-corrected chi connectivity index (χ4v) is 2.63. The number of ether oxygens (including phenoxy) is 2. The van der Waals surface area contributed by atoms with Crippen LogP contribution in [-0.2, 0) is 11.3 Å². The van der Waals surface area contributed by atoms with Gasteiger partial charge in [0.15, 0.2) is 0 Å². The van der Waals surface area contributed by atoms with Crippen molar-refractivity contribution in [1.82, 2.24) is 9.97 Å². The van der Waals surface area contributed by atoms with Crippen LogP contribution in [0, 0.1) is 6.92 Å². The second kappa shape index (κ2) is 9.92. The molecule has 0 fully saturated rings. The van der Waals surface area contributed by atoms with Crippen LogP contribution >= 0.6 is 11.6 Å². The number of halogens is 1. The predicted octanol–water partition coefficient (Wildman–Crippen LogP) is 4.82. The van der Waals surface area contributed by atoms with E-state index in [1.54, 1.807) is 7.11 Å². The fraction of sp³-hybridized carbons (Fsp3) is 0.238. The van der Waals surface area contributed by atoms with Crippen LogP contribution in [0.3, 0.4) is 0 Å². The molecule has 28 heavy (non-hydrogen) atoms. The summed E-state index contributed by atoms with van der Waals surface area (Å²) in [6.07, 6.45) is 0. The third-order valence-corrected chi connectivity index (χ3v) is 4.15. The lowest BCUT2D eigenvalue weighted by Crippen LogP contribution is -2.10. The van der Waals surface area contributed by atoms with E-state index in [1.165, 1.54) is 0 Å². The number of aryl methyl sites for hydroxylation is 1. The summed E-state index contributed by atoms with van der Waals surface area (Å²) >= 11 is 5.90. The minimum Gasteiger partial charge on any atom is -0.489 e. The van der Waals surface area contributed by atoms with Crippen molar-refractivity contribution in [1.29, 1.82) is 0 Å². The van der Waals surface area contributed by atoms with Gasteiger partial charge < -0.3 is 20.1 Å². The van der Waals surface area contributed by atoms with E-state index >= 15 is 0 Å². The van der Waals surface area contributed by atoms with Crippen LogP contribution in [0.15, 0.2) is 54.6 Å². The highest BCUT2D eigenvalue weighted by Gasteiger charge is 2.04. The van der Waals surface area contributed by atoms with Crippen LogP contribution in [0.25, 0.3) is 0 Å². The van der Waals surface area contributed by atoms with Crippen molar-refractivity contribution < 1.29 is 9.47 Å². The van der Waals surface area contributed by atoms with Gasteiger partial charge in [0, 0.05) is 36.1 Å². The van der Waals surface area contributed by atoms with Crippen molar-refractivity contribution in [3.63, 3.8) is 0 Å². The Morgan fingerprint density at radius 1 is 1.00 bits per heavy atom. The summed E-state index contributed by atoms with van der Waals surface area (Å²) in [5, 5.41) is 7.15. The Kier molecular flexibility index (Phi) is 7.06. The van der Waals surface area contributed by atoms with Crippen LogP contribution in [0.2, 0.25) is 5.02 Å². The first-order valence-corrected chi connectivity index (χ1v) is 9.33. The van der Waals surface area contributed by atoms with Crippen molar-refractivity contribution in [2.24, 2.45) is 0 Å². The lowest BCUT2D eigenvalue weighted by Gasteiger charge is -2.11. The van der Waals surface area contributed by atoms with E-state index in [-0.39, 0.29) is 0 Å². The number of nitrogens with zero attached hydrogens (tertiary/aromatic N) is 2. The largest absolute Gasteiger partial charge is 0.489 e. The van der Waals surface area contributed by atoms with Crippen molar-refractivity contribution in [3.05, 3.63) is 70.9 Å². The maximum atomic E-state index is 5.90. The molecule has 0 aliphatic heterocycles. The quantitative estimate of drug-likeness (QED) is 0.504. The smallest absolute Gasteiger partial charge is 0.229 e. The zero-order chi connectivity index (χ0) is 19.8. The van der Waals surface area contributed by atoms with Gasteiger partial charge in [-0.25, -0.2) is 4.98 Å². The lowest BCUT2D eigenvalue weighted by molar-refractivity contribution is 0.210. The Morgan fingerprint density at radius 3 is 2.46 bits per heavy atom. The van der Waals surface area contributed by atoms with Crippen molar-refractivity contribution in [2.45, 2.75) is 13.5 Å². The molecule has 7 heteroatoms. The van der Waals surface area contributed by atoms with E-state index in [1.807, 2.05) is 61.5 Å². The van der Waals surface area contributed by atoms with Crippen LogP contribution in [0.5, 0.6) is 5.75 Å². The van der Waals surface area contributed by atoms with Crippen molar-refractivity contribution in [2.75, 3.05) is 30.9 Å². The maximum absolute atomic E-state index is 5.90. The Hall–Kier alpha value is -2.83. The number of benzene rings is 2. The molecule has 0 amide bonds. The number of anilines is 3. The minimum atomic E-state index is 0.488. The normalized spacial score (nSPS) is 10.5. The van der Waals surface area contributed by atoms with Gasteiger partial charge in [-0.3, -0.25) is 0 Å². The summed E-state index contributed by atoms with van der Waals surface area (Å²) < 4.78 is 10.9. The molecule has 0 atom stereocenters. The molecule has 0 saturated heterocycles. The van der Waals surface area contributed by atoms with Crippen LogP contribution in [0.1, 0.15) is 11.3 Å². The minimum absolute atomic E-state index is 0.488. The highest BCUT2D eigenvalue weighted by Crippen LogP contribution is 2.20. The summed E-state index contributed by atoms with van der Waals surface area (Å²) in [5.41, 5.74) is 2.82. The van der Waals surface area contributed by atoms with E-state index in [0.717, 1.165) is 33.5 Å². The molecule has 0 bridgehead atoms. The molecular weight excluding hydrogens is 376 g/mol. The molecule has 2 aromatic carbocycles. The standard InChI is InChI=1S/C21H23ClN4O2/c1-15-13-20(23-11-12-27-2)26-21(24-15)25-18-7-9-19(10-8-18)28-14-16-3-5-17(22)6-4-16/h3-10,13H,11-12,14H2,1-2H3,(H2,23,24,25,26). The van der Waals surface area contributed by atoms with E-state index in [9.17, 15) is 0 Å². The van der Waals surface area contributed by atoms with E-state index in [4.69, 9.17) is 21.1 Å². The average molecular weight is 399 g/mol. The number of hydrogen-bond acceptors (Lipinski definition) is 6. The van der Waals surface area contributed by atoms with Crippen LogP contribution in [-0.4, -0.2) is 30.2 Å². The maximum Gasteiger partial charge on any atom is 0.229 e. The molecule has 3 aromatic rings. The highest BCUT2D eigenvalue weighted by atomic mass is 35.5. The SMILES string of the molecule is COCCNc1cc(C)nc(Nc2ccc(OCc3ccc(Cl)cc3)cc2)n1. The molecule has 0 aliphatic carbocycles. The second-order valence-corrected chi connectivity index (χ2v) is 6.64. The number of aromatic nitrogens is 2. The highest BCUT2D eigenvalue weighted by molar-refractivity contribution is 6.30. The van der Waals surface area contributed by atoms with Gasteiger partial charge in [-0.1, -0.05) is 23.7 Å². The van der Waals surface area contributed by atoms with Gasteiger partial charge in [-0.05, 0) is 48.9 Å². The van der Waals surface area contributed by atoms with E-state index in [0.29, 0.717) is 25.7 Å². The topological polar surface area (TPSA) is 68.3 Å². The zero-order valence-corrected chi connectivity index (χ0v) is 16.7. The molecule has 0 spiro atoms. The fourth-order valence-electron chi connectivity index (χ4n) is 2.51. The first kappa shape index (κ1) is 19.9. The molecule has 1 heterocycles. The Morgan fingerprint density at radius 2 is 1.75 bits per heavy atom. The molecule has 0 saturated carbocycles. The molecule has 0 aliphatic rings. The Labute approximate surface area is 169 Å². The predicted molar refractivity (Wildman–Crippen MR) is 113 cm³/mol. The Balaban J connectivity index is 1.58. The molecule has 2 N–H and O–H groups in total. The van der Waals surface area contributed by atoms with Gasteiger partial charge in [-0.2, -0.15) is 4.98 Å². The van der Waals surface area contributed by atoms with Crippen molar-refractivity contribution >= 4 is 29.1 Å². The van der Waals surface area contributed by atoms with Gasteiger partial charge in [0.2, 0.25) is 5.95 Å². The molecular formula is C21H23ClN4O2. The number of nitrogens with one attached hydrogen (secondary N) is 2. The summed E-state index contributed by atoms with van der Waals surface area (Å²) in [6.45, 7) is 3.72. The zero-order valence-electron chi connectivity index (χ0n) is 15.9. The average Bonchev–Trinajstić information content (AvgIpc) is 2.68. The number of hydrogen-bond donors (Lipinski definition) is 2. The molecule has 3 rings (SSSR count). The summed E-state index contributed by atoms with van der Waals surface area (Å²) in [7, 11) is 1.67. The monoisotopic (exact) mass is 398 g/mol. The molecule has 0 unspecified atom stereocenters. The van der Waals surface area contributed by atoms with E-state index in [2.05, 4.69) is 20.6 Å². The van der Waals surface area contributed by atoms with Crippen LogP contribution < -0.4 is 15.4 Å². The molecule has 146 valence electrons.